The van der Waals surface area contributed by atoms with Crippen molar-refractivity contribution in [2.45, 2.75) is 36.7 Å². The zero-order valence-electron chi connectivity index (χ0n) is 24.1. The molecule has 2 atom stereocenters. The third-order valence-electron chi connectivity index (χ3n) is 8.33. The number of halogens is 1. The first-order valence-electron chi connectivity index (χ1n) is 14.3. The Balaban J connectivity index is 1.11. The van der Waals surface area contributed by atoms with Gasteiger partial charge in [-0.2, -0.15) is 5.26 Å². The fourth-order valence-corrected chi connectivity index (χ4v) is 7.20. The molecule has 240 valence electrons. The van der Waals surface area contributed by atoms with Crippen LogP contribution in [-0.4, -0.2) is 104 Å². The molecule has 46 heavy (non-hydrogen) atoms. The minimum Gasteiger partial charge on any atom is -0.477 e. The maximum absolute atomic E-state index is 15.3. The molecule has 0 spiro atoms. The van der Waals surface area contributed by atoms with E-state index in [2.05, 4.69) is 5.32 Å². The zero-order valence-corrected chi connectivity index (χ0v) is 24.9. The SMILES string of the molecule is N#CCC(=O)N[C@@H]1C(=O)N2C(C(=O)O)=C(COC(=O)N3CCN(c4cc5c(cc4F)c(=O)c(C(=O)O)cn5C4CC4)CC3)CS[C@H]12. The third kappa shape index (κ3) is 5.49. The normalized spacial score (nSPS) is 21.0. The number of carboxylic acids is 2. The first-order valence-corrected chi connectivity index (χ1v) is 15.4. The van der Waals surface area contributed by atoms with Gasteiger partial charge in [0, 0.05) is 55.1 Å². The number of carbonyl (C=O) groups excluding carboxylic acids is 3. The standard InChI is InChI=1S/C29H27FN6O9S/c30-18-9-16-19(35(15-1-2-15)11-17(24(16)38)27(40)41)10-20(18)33-5-7-34(8-6-33)29(44)45-12-14-13-46-26-22(32-21(37)3-4-31)25(39)36(26)23(14)28(42)43/h9-11,15,22,26H,1-3,5-8,12-13H2,(H,32,37)(H,40,41)(H,42,43)/t22-,26-/m1/s1. The third-order valence-corrected chi connectivity index (χ3v) is 9.67. The van der Waals surface area contributed by atoms with Gasteiger partial charge in [0.1, 0.15) is 41.5 Å². The Morgan fingerprint density at radius 2 is 1.80 bits per heavy atom. The summed E-state index contributed by atoms with van der Waals surface area (Å²) >= 11 is 1.20. The molecule has 4 aliphatic rings. The van der Waals surface area contributed by atoms with E-state index in [1.807, 2.05) is 0 Å². The number of hydrogen-bond donors (Lipinski definition) is 3. The molecule has 0 unspecified atom stereocenters. The number of aromatic carboxylic acids is 1. The van der Waals surface area contributed by atoms with Crippen LogP contribution >= 0.6 is 11.8 Å². The predicted molar refractivity (Wildman–Crippen MR) is 158 cm³/mol. The number of ether oxygens (including phenoxy) is 1. The number of fused-ring (bicyclic) bond motifs is 2. The van der Waals surface area contributed by atoms with Gasteiger partial charge in [-0.1, -0.05) is 0 Å². The fraction of sp³-hybridized carbons (Fsp3) is 0.414. The summed E-state index contributed by atoms with van der Waals surface area (Å²) in [5, 5.41) is 29.7. The van der Waals surface area contributed by atoms with Gasteiger partial charge in [-0.05, 0) is 25.0 Å². The van der Waals surface area contributed by atoms with E-state index < -0.39 is 64.5 Å². The highest BCUT2D eigenvalue weighted by Gasteiger charge is 2.54. The minimum absolute atomic E-state index is 0.0170. The monoisotopic (exact) mass is 654 g/mol. The molecule has 17 heteroatoms. The summed E-state index contributed by atoms with van der Waals surface area (Å²) in [5.74, 6) is -4.61. The summed E-state index contributed by atoms with van der Waals surface area (Å²) in [6.07, 6.45) is 1.77. The van der Waals surface area contributed by atoms with Crippen LogP contribution in [0, 0.1) is 17.1 Å². The number of pyridine rings is 1. The molecule has 3 amide bonds. The molecule has 0 radical (unpaired) electrons. The van der Waals surface area contributed by atoms with Gasteiger partial charge in [0.05, 0.1) is 17.3 Å². The largest absolute Gasteiger partial charge is 0.477 e. The van der Waals surface area contributed by atoms with Crippen LogP contribution in [0.15, 0.2) is 34.4 Å². The second kappa shape index (κ2) is 12.0. The Kier molecular flexibility index (Phi) is 8.06. The Morgan fingerprint density at radius 1 is 1.09 bits per heavy atom. The van der Waals surface area contributed by atoms with Crippen LogP contribution in [-0.2, 0) is 19.1 Å². The van der Waals surface area contributed by atoms with Crippen molar-refractivity contribution in [2.75, 3.05) is 43.4 Å². The van der Waals surface area contributed by atoms with Gasteiger partial charge in [0.25, 0.3) is 5.91 Å². The Labute approximate surface area is 263 Å². The molecule has 0 bridgehead atoms. The second-order valence-corrected chi connectivity index (χ2v) is 12.3. The lowest BCUT2D eigenvalue weighted by molar-refractivity contribution is -0.150. The molecule has 3 fully saturated rings. The van der Waals surface area contributed by atoms with Crippen molar-refractivity contribution in [1.82, 2.24) is 19.7 Å². The lowest BCUT2D eigenvalue weighted by Crippen LogP contribution is -2.70. The van der Waals surface area contributed by atoms with E-state index in [1.165, 1.54) is 28.9 Å². The quantitative estimate of drug-likeness (QED) is 0.343. The van der Waals surface area contributed by atoms with Gasteiger partial charge in [-0.3, -0.25) is 19.3 Å². The number of benzene rings is 1. The molecule has 1 aromatic carbocycles. The van der Waals surface area contributed by atoms with Crippen molar-refractivity contribution in [3.8, 4) is 6.07 Å². The van der Waals surface area contributed by atoms with Crippen LogP contribution < -0.4 is 15.6 Å². The molecule has 3 aliphatic heterocycles. The average molecular weight is 655 g/mol. The summed E-state index contributed by atoms with van der Waals surface area (Å²) in [4.78, 5) is 77.9. The van der Waals surface area contributed by atoms with E-state index >= 15 is 4.39 Å². The number of nitriles is 1. The van der Waals surface area contributed by atoms with E-state index in [0.29, 0.717) is 5.52 Å². The van der Waals surface area contributed by atoms with Gasteiger partial charge in [-0.15, -0.1) is 11.8 Å². The van der Waals surface area contributed by atoms with E-state index in [9.17, 15) is 39.0 Å². The number of piperazine rings is 1. The molecule has 1 saturated carbocycles. The lowest BCUT2D eigenvalue weighted by atomic mass is 10.0. The molecular formula is C29H27FN6O9S. The van der Waals surface area contributed by atoms with Crippen LogP contribution in [0.4, 0.5) is 14.9 Å². The molecule has 15 nitrogen and oxygen atoms in total. The number of anilines is 1. The van der Waals surface area contributed by atoms with E-state index in [4.69, 9.17) is 10.00 Å². The summed E-state index contributed by atoms with van der Waals surface area (Å²) in [6.45, 7) is 0.367. The number of amides is 3. The van der Waals surface area contributed by atoms with Crippen molar-refractivity contribution in [2.24, 2.45) is 0 Å². The topological polar surface area (TPSA) is 203 Å². The van der Waals surface area contributed by atoms with Crippen LogP contribution in [0.2, 0.25) is 0 Å². The molecular weight excluding hydrogens is 627 g/mol. The molecule has 1 aromatic heterocycles. The van der Waals surface area contributed by atoms with Gasteiger partial charge >= 0.3 is 18.0 Å². The number of carbonyl (C=O) groups is 5. The number of β-lactam (4-membered cyclic amide) rings is 1. The van der Waals surface area contributed by atoms with Crippen molar-refractivity contribution in [1.29, 1.82) is 5.26 Å². The summed E-state index contributed by atoms with van der Waals surface area (Å²) in [5.41, 5.74) is -0.638. The number of thioether (sulfide) groups is 1. The molecule has 3 N–H and O–H groups in total. The molecule has 2 saturated heterocycles. The van der Waals surface area contributed by atoms with E-state index in [1.54, 1.807) is 15.5 Å². The van der Waals surface area contributed by atoms with Crippen LogP contribution in [0.25, 0.3) is 10.9 Å². The fourth-order valence-electron chi connectivity index (χ4n) is 5.87. The van der Waals surface area contributed by atoms with E-state index in [-0.39, 0.29) is 66.9 Å². The maximum Gasteiger partial charge on any atom is 0.410 e. The lowest BCUT2D eigenvalue weighted by Gasteiger charge is -2.49. The number of hydrogen-bond acceptors (Lipinski definition) is 10. The van der Waals surface area contributed by atoms with Crippen molar-refractivity contribution in [3.63, 3.8) is 0 Å². The van der Waals surface area contributed by atoms with Crippen molar-refractivity contribution in [3.05, 3.63) is 51.2 Å². The average Bonchev–Trinajstić information content (AvgIpc) is 3.88. The number of carboxylic acid groups (broad SMARTS) is 2. The second-order valence-electron chi connectivity index (χ2n) is 11.2. The summed E-state index contributed by atoms with van der Waals surface area (Å²) < 4.78 is 22.4. The number of nitrogens with zero attached hydrogens (tertiary/aromatic N) is 5. The predicted octanol–water partition coefficient (Wildman–Crippen LogP) is 1.08. The van der Waals surface area contributed by atoms with Gasteiger partial charge in [0.15, 0.2) is 0 Å². The van der Waals surface area contributed by atoms with Crippen molar-refractivity contribution < 1.29 is 43.3 Å². The summed E-state index contributed by atoms with van der Waals surface area (Å²) in [6, 6.07) is 3.34. The Hall–Kier alpha value is -5.11. The van der Waals surface area contributed by atoms with E-state index in [0.717, 1.165) is 23.8 Å². The number of rotatable bonds is 8. The molecule has 6 rings (SSSR count). The molecule has 2 aromatic rings. The number of nitrogens with one attached hydrogen (secondary N) is 1. The molecule has 4 heterocycles. The summed E-state index contributed by atoms with van der Waals surface area (Å²) in [7, 11) is 0. The minimum atomic E-state index is -1.39. The maximum atomic E-state index is 15.3. The van der Waals surface area contributed by atoms with Gasteiger partial charge in [-0.25, -0.2) is 18.8 Å². The first-order chi connectivity index (χ1) is 22.0. The first kappa shape index (κ1) is 30.9. The highest BCUT2D eigenvalue weighted by Crippen LogP contribution is 2.41. The highest BCUT2D eigenvalue weighted by molar-refractivity contribution is 8.00. The number of aromatic nitrogens is 1. The molecule has 1 aliphatic carbocycles. The van der Waals surface area contributed by atoms with Crippen LogP contribution in [0.5, 0.6) is 0 Å². The zero-order chi connectivity index (χ0) is 32.9. The smallest absolute Gasteiger partial charge is 0.410 e. The highest BCUT2D eigenvalue weighted by atomic mass is 32.2. The van der Waals surface area contributed by atoms with Crippen LogP contribution in [0.3, 0.4) is 0 Å². The Bertz CT molecular complexity index is 1830. The number of aliphatic carboxylic acids is 1. The van der Waals surface area contributed by atoms with Crippen LogP contribution in [0.1, 0.15) is 35.7 Å². The van der Waals surface area contributed by atoms with Gasteiger partial charge in [0.2, 0.25) is 11.3 Å². The Morgan fingerprint density at radius 3 is 2.43 bits per heavy atom. The van der Waals surface area contributed by atoms with Gasteiger partial charge < -0.3 is 34.6 Å². The van der Waals surface area contributed by atoms with Crippen molar-refractivity contribution >= 4 is 58.2 Å².